The lowest BCUT2D eigenvalue weighted by Gasteiger charge is -2.63. The highest BCUT2D eigenvalue weighted by atomic mass is 14.8. The van der Waals surface area contributed by atoms with Crippen LogP contribution in [0.25, 0.3) is 0 Å². The topological polar surface area (TPSA) is 0 Å². The van der Waals surface area contributed by atoms with Gasteiger partial charge in [0.2, 0.25) is 0 Å². The Morgan fingerprint density at radius 1 is 0.800 bits per heavy atom. The highest BCUT2D eigenvalue weighted by Crippen LogP contribution is 2.81. The van der Waals surface area contributed by atoms with E-state index in [0.717, 1.165) is 41.4 Å². The maximum absolute atomic E-state index is 2.64. The van der Waals surface area contributed by atoms with Gasteiger partial charge in [-0.3, -0.25) is 0 Å². The highest BCUT2D eigenvalue weighted by molar-refractivity contribution is 5.36. The second-order valence-corrected chi connectivity index (χ2v) is 10.1. The maximum Gasteiger partial charge on any atom is -0.00240 e. The second-order valence-electron chi connectivity index (χ2n) is 10.1. The van der Waals surface area contributed by atoms with E-state index in [1.54, 1.807) is 6.42 Å². The zero-order valence-corrected chi connectivity index (χ0v) is 13.8. The van der Waals surface area contributed by atoms with Crippen LogP contribution in [0.5, 0.6) is 0 Å². The number of fused-ring (bicyclic) bond motifs is 11. The monoisotopic (exact) mass is 270 g/mol. The average molecular weight is 270 g/mol. The van der Waals surface area contributed by atoms with Crippen molar-refractivity contribution >= 4 is 0 Å². The van der Waals surface area contributed by atoms with Gasteiger partial charge < -0.3 is 0 Å². The number of hydrogen-bond acceptors (Lipinski definition) is 0. The molecule has 0 N–H and O–H groups in total. The Balaban J connectivity index is 1.66. The van der Waals surface area contributed by atoms with E-state index in [0.29, 0.717) is 16.2 Å². The summed E-state index contributed by atoms with van der Waals surface area (Å²) in [5.74, 6) is 7.11. The lowest BCUT2D eigenvalue weighted by molar-refractivity contribution is -0.112. The van der Waals surface area contributed by atoms with E-state index >= 15 is 0 Å². The third-order valence-electron chi connectivity index (χ3n) is 9.57. The summed E-state index contributed by atoms with van der Waals surface area (Å²) in [6, 6.07) is 0. The lowest BCUT2D eigenvalue weighted by atomic mass is 9.41. The molecule has 4 fully saturated rings. The summed E-state index contributed by atoms with van der Waals surface area (Å²) >= 11 is 0. The van der Waals surface area contributed by atoms with E-state index in [9.17, 15) is 0 Å². The summed E-state index contributed by atoms with van der Waals surface area (Å²) in [6.45, 7) is 13.0. The van der Waals surface area contributed by atoms with Gasteiger partial charge in [-0.2, -0.15) is 0 Å². The molecule has 0 spiro atoms. The molecule has 9 unspecified atom stereocenters. The minimum absolute atomic E-state index is 0.538. The van der Waals surface area contributed by atoms with Crippen LogP contribution >= 0.6 is 0 Å². The quantitative estimate of drug-likeness (QED) is 0.534. The van der Waals surface area contributed by atoms with E-state index in [1.807, 2.05) is 0 Å². The van der Waals surface area contributed by atoms with Gasteiger partial charge in [0.05, 0.1) is 0 Å². The molecule has 4 bridgehead atoms. The molecule has 4 saturated carbocycles. The molecule has 5 aliphatic carbocycles. The second kappa shape index (κ2) is 3.08. The number of allylic oxidation sites excluding steroid dienone is 2. The predicted molar refractivity (Wildman–Crippen MR) is 83.1 cm³/mol. The fraction of sp³-hybridized carbons (Fsp3) is 0.900. The van der Waals surface area contributed by atoms with Gasteiger partial charge in [0.15, 0.2) is 0 Å². The van der Waals surface area contributed by atoms with Crippen LogP contribution in [0, 0.1) is 57.7 Å². The van der Waals surface area contributed by atoms with E-state index in [2.05, 4.69) is 46.8 Å². The largest absolute Gasteiger partial charge is 0.0808 e. The van der Waals surface area contributed by atoms with Gasteiger partial charge in [-0.15, -0.1) is 0 Å². The zero-order chi connectivity index (χ0) is 14.1. The molecule has 20 heavy (non-hydrogen) atoms. The molecule has 9 atom stereocenters. The van der Waals surface area contributed by atoms with Crippen molar-refractivity contribution in [2.45, 2.75) is 53.9 Å². The van der Waals surface area contributed by atoms with Gasteiger partial charge in [-0.1, -0.05) is 46.8 Å². The molecule has 0 radical (unpaired) electrons. The first kappa shape index (κ1) is 12.3. The first-order chi connectivity index (χ1) is 9.31. The van der Waals surface area contributed by atoms with Crippen LogP contribution in [0.15, 0.2) is 12.2 Å². The van der Waals surface area contributed by atoms with Crippen molar-refractivity contribution in [1.29, 1.82) is 0 Å². The predicted octanol–water partition coefficient (Wildman–Crippen LogP) is 5.15. The fourth-order valence-electron chi connectivity index (χ4n) is 8.54. The van der Waals surface area contributed by atoms with Crippen molar-refractivity contribution in [3.05, 3.63) is 12.2 Å². The van der Waals surface area contributed by atoms with Gasteiger partial charge in [0.25, 0.3) is 0 Å². The van der Waals surface area contributed by atoms with Gasteiger partial charge in [-0.05, 0) is 76.9 Å². The van der Waals surface area contributed by atoms with E-state index in [1.165, 1.54) is 12.8 Å². The van der Waals surface area contributed by atoms with Crippen molar-refractivity contribution in [2.24, 2.45) is 57.7 Å². The van der Waals surface area contributed by atoms with Gasteiger partial charge in [-0.25, -0.2) is 0 Å². The van der Waals surface area contributed by atoms with Gasteiger partial charge in [0.1, 0.15) is 0 Å². The minimum atomic E-state index is 0.538. The van der Waals surface area contributed by atoms with Crippen molar-refractivity contribution in [1.82, 2.24) is 0 Å². The molecule has 0 aromatic rings. The standard InChI is InChI=1S/C20H30/c1-11-8-12-9-13(11)18(2,3)17-15-10-14(16(12)17)19(4)6-7-20(15,19)5/h6-7,11-17H,8-10H2,1-5H3. The molecule has 0 aromatic heterocycles. The van der Waals surface area contributed by atoms with Crippen LogP contribution in [-0.4, -0.2) is 0 Å². The van der Waals surface area contributed by atoms with Gasteiger partial charge >= 0.3 is 0 Å². The van der Waals surface area contributed by atoms with Crippen LogP contribution in [0.1, 0.15) is 53.9 Å². The SMILES string of the molecule is CC1CC2CC1C(C)(C)C1C2C2CC1C1(C)C=CC21C. The molecule has 0 aromatic carbocycles. The average Bonchev–Trinajstić information content (AvgIpc) is 2.97. The van der Waals surface area contributed by atoms with Crippen LogP contribution < -0.4 is 0 Å². The van der Waals surface area contributed by atoms with E-state index in [4.69, 9.17) is 0 Å². The summed E-state index contributed by atoms with van der Waals surface area (Å²) in [5, 5.41) is 0. The number of rotatable bonds is 0. The maximum atomic E-state index is 2.64. The molecular formula is C20H30. The fourth-order valence-corrected chi connectivity index (χ4v) is 8.54. The Hall–Kier alpha value is -0.260. The molecule has 5 aliphatic rings. The van der Waals surface area contributed by atoms with Crippen molar-refractivity contribution in [3.8, 4) is 0 Å². The van der Waals surface area contributed by atoms with Crippen LogP contribution in [0.4, 0.5) is 0 Å². The lowest BCUT2D eigenvalue weighted by Crippen LogP contribution is -2.58. The summed E-state index contributed by atoms with van der Waals surface area (Å²) in [4.78, 5) is 0. The van der Waals surface area contributed by atoms with Gasteiger partial charge in [0, 0.05) is 0 Å². The van der Waals surface area contributed by atoms with Crippen LogP contribution in [0.3, 0.4) is 0 Å². The third kappa shape index (κ3) is 0.966. The smallest absolute Gasteiger partial charge is 0.00240 e. The first-order valence-corrected chi connectivity index (χ1v) is 9.01. The normalized spacial score (nSPS) is 67.8. The Morgan fingerprint density at radius 2 is 1.45 bits per heavy atom. The molecule has 5 rings (SSSR count). The summed E-state index contributed by atoms with van der Waals surface area (Å²) in [7, 11) is 0. The highest BCUT2D eigenvalue weighted by Gasteiger charge is 2.75. The van der Waals surface area contributed by atoms with E-state index < -0.39 is 0 Å². The van der Waals surface area contributed by atoms with E-state index in [-0.39, 0.29) is 0 Å². The molecular weight excluding hydrogens is 240 g/mol. The van der Waals surface area contributed by atoms with Crippen molar-refractivity contribution in [2.75, 3.05) is 0 Å². The van der Waals surface area contributed by atoms with Crippen LogP contribution in [-0.2, 0) is 0 Å². The molecule has 110 valence electrons. The third-order valence-corrected chi connectivity index (χ3v) is 9.57. The Labute approximate surface area is 124 Å². The molecule has 0 saturated heterocycles. The Kier molecular flexibility index (Phi) is 1.90. The number of hydrogen-bond donors (Lipinski definition) is 0. The molecule has 0 heteroatoms. The van der Waals surface area contributed by atoms with Crippen molar-refractivity contribution in [3.63, 3.8) is 0 Å². The summed E-state index contributed by atoms with van der Waals surface area (Å²) in [5.41, 5.74) is 1.67. The summed E-state index contributed by atoms with van der Waals surface area (Å²) in [6.07, 6.45) is 9.80. The molecule has 0 nitrogen and oxygen atoms in total. The van der Waals surface area contributed by atoms with Crippen molar-refractivity contribution < 1.29 is 0 Å². The Morgan fingerprint density at radius 3 is 2.10 bits per heavy atom. The van der Waals surface area contributed by atoms with Crippen LogP contribution in [0.2, 0.25) is 0 Å². The summed E-state index contributed by atoms with van der Waals surface area (Å²) < 4.78 is 0. The molecule has 0 heterocycles. The molecule has 0 aliphatic heterocycles. The first-order valence-electron chi connectivity index (χ1n) is 9.01. The minimum Gasteiger partial charge on any atom is -0.0808 e. The zero-order valence-electron chi connectivity index (χ0n) is 13.8. The Bertz CT molecular complexity index is 514. The molecule has 0 amide bonds.